The lowest BCUT2D eigenvalue weighted by Gasteiger charge is -2.31. The summed E-state index contributed by atoms with van der Waals surface area (Å²) in [6.45, 7) is 7.92. The summed E-state index contributed by atoms with van der Waals surface area (Å²) in [5.41, 5.74) is 0. The molecule has 0 amide bonds. The van der Waals surface area contributed by atoms with Gasteiger partial charge in [-0.25, -0.2) is 0 Å². The lowest BCUT2D eigenvalue weighted by molar-refractivity contribution is -0.0152. The van der Waals surface area contributed by atoms with Gasteiger partial charge < -0.3 is 19.8 Å². The first-order chi connectivity index (χ1) is 11.2. The Bertz CT molecular complexity index is 449. The minimum atomic E-state index is 0.324. The van der Waals surface area contributed by atoms with Gasteiger partial charge in [-0.2, -0.15) is 0 Å². The Kier molecular flexibility index (Phi) is 7.46. The van der Waals surface area contributed by atoms with Gasteiger partial charge >= 0.3 is 0 Å². The zero-order valence-electron chi connectivity index (χ0n) is 14.7. The van der Waals surface area contributed by atoms with E-state index in [4.69, 9.17) is 9.15 Å². The van der Waals surface area contributed by atoms with Crippen LogP contribution in [0, 0.1) is 0 Å². The molecule has 1 aromatic rings. The van der Waals surface area contributed by atoms with E-state index in [1.807, 2.05) is 12.1 Å². The van der Waals surface area contributed by atoms with Crippen molar-refractivity contribution in [2.75, 3.05) is 13.1 Å². The summed E-state index contributed by atoms with van der Waals surface area (Å²) in [4.78, 5) is 4.65. The van der Waals surface area contributed by atoms with Crippen molar-refractivity contribution in [3.63, 3.8) is 0 Å². The van der Waals surface area contributed by atoms with Crippen LogP contribution in [0.5, 0.6) is 0 Å². The van der Waals surface area contributed by atoms with Crippen molar-refractivity contribution in [2.45, 2.75) is 71.1 Å². The highest BCUT2D eigenvalue weighted by molar-refractivity contribution is 5.80. The Morgan fingerprint density at radius 2 is 2.13 bits per heavy atom. The Labute approximate surface area is 139 Å². The first kappa shape index (κ1) is 17.9. The van der Waals surface area contributed by atoms with Crippen LogP contribution in [0.3, 0.4) is 0 Å². The first-order valence-electron chi connectivity index (χ1n) is 8.90. The van der Waals surface area contributed by atoms with Gasteiger partial charge in [-0.3, -0.25) is 4.99 Å². The van der Waals surface area contributed by atoms with Crippen molar-refractivity contribution in [1.29, 1.82) is 0 Å². The van der Waals surface area contributed by atoms with Gasteiger partial charge in [-0.15, -0.1) is 0 Å². The monoisotopic (exact) mass is 321 g/mol. The molecular formula is C18H31N3O2. The topological polar surface area (TPSA) is 58.8 Å². The molecule has 0 spiro atoms. The predicted molar refractivity (Wildman–Crippen MR) is 93.8 cm³/mol. The smallest absolute Gasteiger partial charge is 0.191 e. The number of nitrogens with one attached hydrogen (secondary N) is 2. The largest absolute Gasteiger partial charge is 0.469 e. The Balaban J connectivity index is 1.75. The van der Waals surface area contributed by atoms with E-state index in [0.29, 0.717) is 18.2 Å². The van der Waals surface area contributed by atoms with Crippen LogP contribution >= 0.6 is 0 Å². The van der Waals surface area contributed by atoms with E-state index in [9.17, 15) is 0 Å². The summed E-state index contributed by atoms with van der Waals surface area (Å²) in [6, 6.07) is 4.40. The highest BCUT2D eigenvalue weighted by Crippen LogP contribution is 2.22. The SMILES string of the molecule is CCNC(=NCCc1ccco1)NC1CCC(OC(C)C)CC1. The van der Waals surface area contributed by atoms with Gasteiger partial charge in [0.15, 0.2) is 5.96 Å². The van der Waals surface area contributed by atoms with E-state index in [-0.39, 0.29) is 0 Å². The molecule has 0 saturated heterocycles. The fourth-order valence-corrected chi connectivity index (χ4v) is 2.97. The Hall–Kier alpha value is -1.49. The minimum Gasteiger partial charge on any atom is -0.469 e. The zero-order chi connectivity index (χ0) is 16.5. The normalized spacial score (nSPS) is 22.3. The average molecular weight is 321 g/mol. The van der Waals surface area contributed by atoms with Gasteiger partial charge in [-0.1, -0.05) is 0 Å². The van der Waals surface area contributed by atoms with Crippen molar-refractivity contribution >= 4 is 5.96 Å². The molecule has 1 heterocycles. The molecule has 2 N–H and O–H groups in total. The van der Waals surface area contributed by atoms with Gasteiger partial charge in [-0.05, 0) is 58.6 Å². The number of furan rings is 1. The number of hydrogen-bond acceptors (Lipinski definition) is 3. The molecule has 130 valence electrons. The maximum atomic E-state index is 5.91. The third-order valence-electron chi connectivity index (χ3n) is 4.03. The maximum Gasteiger partial charge on any atom is 0.191 e. The number of guanidine groups is 1. The van der Waals surface area contributed by atoms with Crippen LogP contribution in [-0.4, -0.2) is 37.3 Å². The second-order valence-electron chi connectivity index (χ2n) is 6.39. The summed E-state index contributed by atoms with van der Waals surface area (Å²) in [5, 5.41) is 6.89. The summed E-state index contributed by atoms with van der Waals surface area (Å²) in [6.07, 6.45) is 7.82. The van der Waals surface area contributed by atoms with Crippen LogP contribution < -0.4 is 10.6 Å². The minimum absolute atomic E-state index is 0.324. The molecule has 1 aliphatic rings. The van der Waals surface area contributed by atoms with E-state index in [1.54, 1.807) is 6.26 Å². The van der Waals surface area contributed by atoms with Crippen molar-refractivity contribution < 1.29 is 9.15 Å². The van der Waals surface area contributed by atoms with Crippen molar-refractivity contribution in [3.8, 4) is 0 Å². The van der Waals surface area contributed by atoms with Crippen LogP contribution in [0.25, 0.3) is 0 Å². The molecule has 0 aromatic carbocycles. The van der Waals surface area contributed by atoms with E-state index in [0.717, 1.165) is 56.9 Å². The van der Waals surface area contributed by atoms with Crippen LogP contribution in [0.4, 0.5) is 0 Å². The zero-order valence-corrected chi connectivity index (χ0v) is 14.7. The van der Waals surface area contributed by atoms with Crippen LogP contribution in [0.2, 0.25) is 0 Å². The predicted octanol–water partition coefficient (Wildman–Crippen LogP) is 3.11. The number of ether oxygens (including phenoxy) is 1. The van der Waals surface area contributed by atoms with E-state index < -0.39 is 0 Å². The molecule has 5 nitrogen and oxygen atoms in total. The Morgan fingerprint density at radius 3 is 2.74 bits per heavy atom. The van der Waals surface area contributed by atoms with E-state index >= 15 is 0 Å². The van der Waals surface area contributed by atoms with Gasteiger partial charge in [0, 0.05) is 25.6 Å². The molecule has 23 heavy (non-hydrogen) atoms. The molecule has 0 atom stereocenters. The summed E-state index contributed by atoms with van der Waals surface area (Å²) in [5.74, 6) is 1.89. The lowest BCUT2D eigenvalue weighted by Crippen LogP contribution is -2.45. The molecule has 0 radical (unpaired) electrons. The second kappa shape index (κ2) is 9.60. The van der Waals surface area contributed by atoms with Crippen LogP contribution in [0.1, 0.15) is 52.2 Å². The number of aliphatic imine (C=N–C) groups is 1. The standard InChI is InChI=1S/C18H31N3O2/c1-4-19-18(20-12-11-16-6-5-13-22-16)21-15-7-9-17(10-8-15)23-14(2)3/h5-6,13-15,17H,4,7-12H2,1-3H3,(H2,19,20,21). The summed E-state index contributed by atoms with van der Waals surface area (Å²) >= 11 is 0. The first-order valence-corrected chi connectivity index (χ1v) is 8.90. The fraction of sp³-hybridized carbons (Fsp3) is 0.722. The van der Waals surface area contributed by atoms with Crippen LogP contribution in [-0.2, 0) is 11.2 Å². The molecule has 1 fully saturated rings. The second-order valence-corrected chi connectivity index (χ2v) is 6.39. The molecule has 1 aliphatic carbocycles. The maximum absolute atomic E-state index is 5.91. The molecule has 0 unspecified atom stereocenters. The molecule has 1 aromatic heterocycles. The molecule has 5 heteroatoms. The van der Waals surface area contributed by atoms with Gasteiger partial charge in [0.25, 0.3) is 0 Å². The summed E-state index contributed by atoms with van der Waals surface area (Å²) < 4.78 is 11.3. The molecule has 0 bridgehead atoms. The average Bonchev–Trinajstić information content (AvgIpc) is 3.02. The van der Waals surface area contributed by atoms with Crippen molar-refractivity contribution in [3.05, 3.63) is 24.2 Å². The Morgan fingerprint density at radius 1 is 1.35 bits per heavy atom. The molecule has 1 saturated carbocycles. The molecule has 0 aliphatic heterocycles. The van der Waals surface area contributed by atoms with Gasteiger partial charge in [0.2, 0.25) is 0 Å². The lowest BCUT2D eigenvalue weighted by atomic mass is 9.93. The van der Waals surface area contributed by atoms with E-state index in [1.165, 1.54) is 0 Å². The van der Waals surface area contributed by atoms with Gasteiger partial charge in [0.1, 0.15) is 5.76 Å². The van der Waals surface area contributed by atoms with Crippen molar-refractivity contribution in [2.24, 2.45) is 4.99 Å². The third-order valence-corrected chi connectivity index (χ3v) is 4.03. The third kappa shape index (κ3) is 6.65. The fourth-order valence-electron chi connectivity index (χ4n) is 2.97. The number of rotatable bonds is 7. The molecule has 2 rings (SSSR count). The van der Waals surface area contributed by atoms with Crippen LogP contribution in [0.15, 0.2) is 27.8 Å². The van der Waals surface area contributed by atoms with Gasteiger partial charge in [0.05, 0.1) is 18.5 Å². The quantitative estimate of drug-likeness (QED) is 0.598. The van der Waals surface area contributed by atoms with E-state index in [2.05, 4.69) is 36.4 Å². The number of hydrogen-bond donors (Lipinski definition) is 2. The summed E-state index contributed by atoms with van der Waals surface area (Å²) in [7, 11) is 0. The number of nitrogens with zero attached hydrogens (tertiary/aromatic N) is 1. The highest BCUT2D eigenvalue weighted by Gasteiger charge is 2.22. The molecular weight excluding hydrogens is 290 g/mol. The van der Waals surface area contributed by atoms with Crippen molar-refractivity contribution in [1.82, 2.24) is 10.6 Å². The highest BCUT2D eigenvalue weighted by atomic mass is 16.5.